The molecule has 13 heavy (non-hydrogen) atoms. The molecule has 2 heterocycles. The summed E-state index contributed by atoms with van der Waals surface area (Å²) in [4.78, 5) is 0. The van der Waals surface area contributed by atoms with Crippen molar-refractivity contribution >= 4 is 0 Å². The van der Waals surface area contributed by atoms with Gasteiger partial charge in [0.1, 0.15) is 0 Å². The molecule has 0 amide bonds. The molecule has 0 N–H and O–H groups in total. The Hall–Kier alpha value is -0.0800. The van der Waals surface area contributed by atoms with E-state index in [1.165, 1.54) is 19.3 Å². The van der Waals surface area contributed by atoms with Crippen LogP contribution in [0.15, 0.2) is 0 Å². The Morgan fingerprint density at radius 2 is 1.15 bits per heavy atom. The first-order valence-corrected chi connectivity index (χ1v) is 5.65. The van der Waals surface area contributed by atoms with Crippen molar-refractivity contribution in [3.05, 3.63) is 0 Å². The van der Waals surface area contributed by atoms with Crippen molar-refractivity contribution in [2.24, 2.45) is 23.7 Å². The highest BCUT2D eigenvalue weighted by Gasteiger charge is 2.55. The summed E-state index contributed by atoms with van der Waals surface area (Å²) in [7, 11) is 0. The smallest absolute Gasteiger partial charge is 0.0840 e. The third kappa shape index (κ3) is 1.02. The fraction of sp³-hybridized carbons (Fsp3) is 1.00. The zero-order valence-electron chi connectivity index (χ0n) is 7.82. The second-order valence-electron chi connectivity index (χ2n) is 5.31. The van der Waals surface area contributed by atoms with E-state index in [0.717, 1.165) is 36.9 Å². The van der Waals surface area contributed by atoms with Gasteiger partial charge in [0.05, 0.1) is 25.4 Å². The fourth-order valence-corrected chi connectivity index (χ4v) is 3.92. The zero-order valence-corrected chi connectivity index (χ0v) is 7.82. The van der Waals surface area contributed by atoms with Gasteiger partial charge in [0.15, 0.2) is 0 Å². The van der Waals surface area contributed by atoms with Crippen molar-refractivity contribution in [3.63, 3.8) is 0 Å². The summed E-state index contributed by atoms with van der Waals surface area (Å²) in [6.45, 7) is 2.10. The lowest BCUT2D eigenvalue weighted by atomic mass is 9.77. The van der Waals surface area contributed by atoms with Crippen molar-refractivity contribution in [2.75, 3.05) is 13.2 Å². The van der Waals surface area contributed by atoms with E-state index in [1.54, 1.807) is 0 Å². The third-order valence-electron chi connectivity index (χ3n) is 4.59. The van der Waals surface area contributed by atoms with Crippen molar-refractivity contribution < 1.29 is 9.47 Å². The zero-order chi connectivity index (χ0) is 8.41. The summed E-state index contributed by atoms with van der Waals surface area (Å²) in [5.41, 5.74) is 0. The standard InChI is InChI=1S/C11H16O2/c1-6-2-8(10-4-12-10)7(1)9(3-6)11-5-13-11/h6-11H,1-5H2. The predicted molar refractivity (Wildman–Crippen MR) is 47.3 cm³/mol. The molecule has 4 rings (SSSR count). The molecule has 0 radical (unpaired) electrons. The van der Waals surface area contributed by atoms with Gasteiger partial charge in [0.2, 0.25) is 0 Å². The normalized spacial score (nSPS) is 62.8. The van der Waals surface area contributed by atoms with E-state index in [4.69, 9.17) is 9.47 Å². The van der Waals surface area contributed by atoms with Crippen LogP contribution in [-0.4, -0.2) is 25.4 Å². The monoisotopic (exact) mass is 180 g/mol. The van der Waals surface area contributed by atoms with Crippen LogP contribution < -0.4 is 0 Å². The average Bonchev–Trinajstić information content (AvgIpc) is 3.05. The quantitative estimate of drug-likeness (QED) is 0.601. The Morgan fingerprint density at radius 3 is 1.54 bits per heavy atom. The molecule has 0 spiro atoms. The van der Waals surface area contributed by atoms with E-state index in [0.29, 0.717) is 12.2 Å². The highest BCUT2D eigenvalue weighted by Crippen LogP contribution is 2.57. The molecule has 4 unspecified atom stereocenters. The van der Waals surface area contributed by atoms with E-state index in [-0.39, 0.29) is 0 Å². The maximum absolute atomic E-state index is 5.45. The summed E-state index contributed by atoms with van der Waals surface area (Å²) in [5.74, 6) is 3.80. The van der Waals surface area contributed by atoms with Gasteiger partial charge in [-0.15, -0.1) is 0 Å². The Balaban J connectivity index is 1.56. The molecule has 4 fully saturated rings. The van der Waals surface area contributed by atoms with Crippen molar-refractivity contribution in [1.82, 2.24) is 0 Å². The molecule has 2 heteroatoms. The lowest BCUT2D eigenvalue weighted by Crippen LogP contribution is -2.27. The van der Waals surface area contributed by atoms with E-state index >= 15 is 0 Å². The number of epoxide rings is 2. The van der Waals surface area contributed by atoms with E-state index in [1.807, 2.05) is 0 Å². The molecule has 0 aromatic rings. The van der Waals surface area contributed by atoms with Crippen molar-refractivity contribution in [2.45, 2.75) is 31.5 Å². The van der Waals surface area contributed by atoms with Gasteiger partial charge in [-0.1, -0.05) is 0 Å². The van der Waals surface area contributed by atoms with Crippen LogP contribution >= 0.6 is 0 Å². The molecular weight excluding hydrogens is 164 g/mol. The van der Waals surface area contributed by atoms with E-state index < -0.39 is 0 Å². The van der Waals surface area contributed by atoms with Crippen LogP contribution in [0.2, 0.25) is 0 Å². The Labute approximate surface area is 78.6 Å². The molecule has 4 aliphatic rings. The highest BCUT2D eigenvalue weighted by molar-refractivity contribution is 5.04. The Morgan fingerprint density at radius 1 is 0.692 bits per heavy atom. The molecule has 2 saturated heterocycles. The molecule has 4 atom stereocenters. The van der Waals surface area contributed by atoms with Gasteiger partial charge in [-0.05, 0) is 42.9 Å². The van der Waals surface area contributed by atoms with Crippen LogP contribution in [0.5, 0.6) is 0 Å². The van der Waals surface area contributed by atoms with Gasteiger partial charge >= 0.3 is 0 Å². The summed E-state index contributed by atoms with van der Waals surface area (Å²) in [6, 6.07) is 0. The maximum Gasteiger partial charge on any atom is 0.0840 e. The number of hydrogen-bond acceptors (Lipinski definition) is 2. The number of fused-ring (bicyclic) bond motifs is 2. The Bertz CT molecular complexity index is 210. The van der Waals surface area contributed by atoms with Crippen LogP contribution in [0.3, 0.4) is 0 Å². The second kappa shape index (κ2) is 2.29. The molecule has 2 bridgehead atoms. The lowest BCUT2D eigenvalue weighted by Gasteiger charge is -2.27. The first-order chi connectivity index (χ1) is 6.42. The topological polar surface area (TPSA) is 25.1 Å². The molecule has 2 aliphatic heterocycles. The second-order valence-corrected chi connectivity index (χ2v) is 5.31. The van der Waals surface area contributed by atoms with Crippen LogP contribution in [0.25, 0.3) is 0 Å². The van der Waals surface area contributed by atoms with Crippen molar-refractivity contribution in [1.29, 1.82) is 0 Å². The SMILES string of the molecule is C1OC1C1CC2CC(C3CO3)C1C2. The van der Waals surface area contributed by atoms with Crippen LogP contribution in [-0.2, 0) is 9.47 Å². The van der Waals surface area contributed by atoms with Crippen LogP contribution in [0, 0.1) is 23.7 Å². The molecule has 0 aromatic carbocycles. The first kappa shape index (κ1) is 7.24. The summed E-state index contributed by atoms with van der Waals surface area (Å²) in [6.07, 6.45) is 5.69. The minimum atomic E-state index is 0.650. The molecule has 0 aromatic heterocycles. The first-order valence-electron chi connectivity index (χ1n) is 5.65. The summed E-state index contributed by atoms with van der Waals surface area (Å²) < 4.78 is 10.9. The van der Waals surface area contributed by atoms with E-state index in [9.17, 15) is 0 Å². The molecular formula is C11H16O2. The number of ether oxygens (including phenoxy) is 2. The highest BCUT2D eigenvalue weighted by atomic mass is 16.6. The van der Waals surface area contributed by atoms with Gasteiger partial charge in [-0.2, -0.15) is 0 Å². The van der Waals surface area contributed by atoms with Gasteiger partial charge in [0, 0.05) is 0 Å². The lowest BCUT2D eigenvalue weighted by molar-refractivity contribution is 0.162. The number of hydrogen-bond donors (Lipinski definition) is 0. The molecule has 2 saturated carbocycles. The third-order valence-corrected chi connectivity index (χ3v) is 4.59. The van der Waals surface area contributed by atoms with Crippen molar-refractivity contribution in [3.8, 4) is 0 Å². The Kier molecular flexibility index (Phi) is 1.28. The van der Waals surface area contributed by atoms with Gasteiger partial charge in [-0.3, -0.25) is 0 Å². The number of rotatable bonds is 2. The van der Waals surface area contributed by atoms with Crippen LogP contribution in [0.1, 0.15) is 19.3 Å². The molecule has 72 valence electrons. The molecule has 2 nitrogen and oxygen atoms in total. The van der Waals surface area contributed by atoms with Crippen LogP contribution in [0.4, 0.5) is 0 Å². The molecule has 2 aliphatic carbocycles. The van der Waals surface area contributed by atoms with Gasteiger partial charge < -0.3 is 9.47 Å². The minimum Gasteiger partial charge on any atom is -0.373 e. The predicted octanol–water partition coefficient (Wildman–Crippen LogP) is 1.45. The summed E-state index contributed by atoms with van der Waals surface area (Å²) in [5, 5.41) is 0. The van der Waals surface area contributed by atoms with Gasteiger partial charge in [-0.25, -0.2) is 0 Å². The van der Waals surface area contributed by atoms with Gasteiger partial charge in [0.25, 0.3) is 0 Å². The minimum absolute atomic E-state index is 0.650. The van der Waals surface area contributed by atoms with E-state index in [2.05, 4.69) is 0 Å². The maximum atomic E-state index is 5.45. The largest absolute Gasteiger partial charge is 0.373 e. The average molecular weight is 180 g/mol. The summed E-state index contributed by atoms with van der Waals surface area (Å²) >= 11 is 0. The fourth-order valence-electron chi connectivity index (χ4n) is 3.92.